The van der Waals surface area contributed by atoms with Crippen LogP contribution in [-0.2, 0) is 6.54 Å². The first-order chi connectivity index (χ1) is 18.2. The number of fused-ring (bicyclic) bond motifs is 3. The Labute approximate surface area is 217 Å². The number of hydrogen-bond acceptors (Lipinski definition) is 5. The molecule has 0 bridgehead atoms. The second-order valence-electron chi connectivity index (χ2n) is 9.09. The minimum Gasteiger partial charge on any atom is -0.492 e. The molecule has 0 saturated carbocycles. The van der Waals surface area contributed by atoms with Crippen LogP contribution >= 0.6 is 0 Å². The molecular formula is C31H34N4O2. The molecule has 6 N–H and O–H groups in total. The van der Waals surface area contributed by atoms with Gasteiger partial charge in [-0.05, 0) is 71.6 Å². The molecule has 0 aliphatic heterocycles. The van der Waals surface area contributed by atoms with Crippen LogP contribution in [0.3, 0.4) is 0 Å². The van der Waals surface area contributed by atoms with Crippen molar-refractivity contribution in [3.05, 3.63) is 84.9 Å². The number of nitrogens with two attached hydrogens (primary N) is 3. The van der Waals surface area contributed by atoms with E-state index in [9.17, 15) is 0 Å². The van der Waals surface area contributed by atoms with Gasteiger partial charge in [-0.15, -0.1) is 0 Å². The zero-order chi connectivity index (χ0) is 25.6. The molecule has 6 heteroatoms. The van der Waals surface area contributed by atoms with Crippen LogP contribution in [-0.4, -0.2) is 37.4 Å². The first-order valence-electron chi connectivity index (χ1n) is 12.8. The highest BCUT2D eigenvalue weighted by atomic mass is 16.5. The van der Waals surface area contributed by atoms with E-state index in [0.717, 1.165) is 46.7 Å². The summed E-state index contributed by atoms with van der Waals surface area (Å²) < 4.78 is 13.9. The molecule has 0 radical (unpaired) electrons. The number of nitrogens with zero attached hydrogens (tertiary/aromatic N) is 1. The van der Waals surface area contributed by atoms with Gasteiger partial charge in [-0.1, -0.05) is 48.5 Å². The molecule has 0 aliphatic rings. The highest BCUT2D eigenvalue weighted by Crippen LogP contribution is 2.36. The quantitative estimate of drug-likeness (QED) is 0.236. The molecule has 5 aromatic rings. The van der Waals surface area contributed by atoms with Crippen molar-refractivity contribution < 1.29 is 9.47 Å². The maximum absolute atomic E-state index is 5.93. The lowest BCUT2D eigenvalue weighted by Gasteiger charge is -2.10. The van der Waals surface area contributed by atoms with Gasteiger partial charge < -0.3 is 31.2 Å². The highest BCUT2D eigenvalue weighted by molar-refractivity contribution is 6.10. The Morgan fingerprint density at radius 3 is 1.49 bits per heavy atom. The predicted molar refractivity (Wildman–Crippen MR) is 153 cm³/mol. The Balaban J connectivity index is 1.60. The monoisotopic (exact) mass is 494 g/mol. The first kappa shape index (κ1) is 24.8. The third-order valence-electron chi connectivity index (χ3n) is 6.56. The molecule has 0 unspecified atom stereocenters. The maximum atomic E-state index is 5.93. The van der Waals surface area contributed by atoms with Crippen molar-refractivity contribution >= 4 is 21.8 Å². The minimum absolute atomic E-state index is 0.491. The van der Waals surface area contributed by atoms with Gasteiger partial charge in [0.2, 0.25) is 0 Å². The largest absolute Gasteiger partial charge is 0.492 e. The molecule has 0 spiro atoms. The van der Waals surface area contributed by atoms with Crippen LogP contribution < -0.4 is 26.7 Å². The third-order valence-corrected chi connectivity index (χ3v) is 6.56. The fraction of sp³-hybridized carbons (Fsp3) is 0.226. The van der Waals surface area contributed by atoms with E-state index in [0.29, 0.717) is 32.8 Å². The number of hydrogen-bond donors (Lipinski definition) is 3. The van der Waals surface area contributed by atoms with Gasteiger partial charge in [0.1, 0.15) is 24.7 Å². The number of benzene rings is 4. The summed E-state index contributed by atoms with van der Waals surface area (Å²) in [6, 6.07) is 29.7. The van der Waals surface area contributed by atoms with Gasteiger partial charge in [-0.2, -0.15) is 0 Å². The molecule has 4 aromatic carbocycles. The summed E-state index contributed by atoms with van der Waals surface area (Å²) in [5.41, 5.74) is 24.1. The second kappa shape index (κ2) is 11.5. The summed E-state index contributed by atoms with van der Waals surface area (Å²) >= 11 is 0. The third kappa shape index (κ3) is 5.32. The molecule has 0 atom stereocenters. The molecule has 0 amide bonds. The van der Waals surface area contributed by atoms with E-state index in [1.807, 2.05) is 24.3 Å². The molecule has 0 fully saturated rings. The smallest absolute Gasteiger partial charge is 0.119 e. The molecule has 6 nitrogen and oxygen atoms in total. The van der Waals surface area contributed by atoms with Crippen LogP contribution in [0.2, 0.25) is 0 Å². The first-order valence-corrected chi connectivity index (χ1v) is 12.8. The van der Waals surface area contributed by atoms with Crippen molar-refractivity contribution in [2.24, 2.45) is 17.2 Å². The summed E-state index contributed by atoms with van der Waals surface area (Å²) in [5, 5.41) is 2.47. The fourth-order valence-electron chi connectivity index (χ4n) is 4.83. The van der Waals surface area contributed by atoms with E-state index in [1.165, 1.54) is 21.8 Å². The van der Waals surface area contributed by atoms with Gasteiger partial charge in [0.25, 0.3) is 0 Å². The summed E-state index contributed by atoms with van der Waals surface area (Å²) in [5.74, 6) is 1.66. The maximum Gasteiger partial charge on any atom is 0.119 e. The normalized spacial score (nSPS) is 11.3. The van der Waals surface area contributed by atoms with Gasteiger partial charge in [0.15, 0.2) is 0 Å². The second-order valence-corrected chi connectivity index (χ2v) is 9.09. The van der Waals surface area contributed by atoms with E-state index in [4.69, 9.17) is 26.7 Å². The molecule has 5 rings (SSSR count). The zero-order valence-corrected chi connectivity index (χ0v) is 21.0. The van der Waals surface area contributed by atoms with E-state index in [-0.39, 0.29) is 0 Å². The summed E-state index contributed by atoms with van der Waals surface area (Å²) in [7, 11) is 0. The van der Waals surface area contributed by atoms with E-state index in [1.54, 1.807) is 0 Å². The van der Waals surface area contributed by atoms with Crippen molar-refractivity contribution in [3.63, 3.8) is 0 Å². The molecule has 1 heterocycles. The SMILES string of the molecule is NCCCn1c2cc(-c3cccc(OCCN)c3)ccc2c2ccc(-c3cccc(OCCN)c3)cc21. The fourth-order valence-corrected chi connectivity index (χ4v) is 4.83. The Morgan fingerprint density at radius 2 is 1.03 bits per heavy atom. The van der Waals surface area contributed by atoms with Crippen molar-refractivity contribution in [3.8, 4) is 33.8 Å². The predicted octanol–water partition coefficient (Wildman–Crippen LogP) is 5.15. The number of aromatic nitrogens is 1. The van der Waals surface area contributed by atoms with Crippen molar-refractivity contribution in [2.75, 3.05) is 32.8 Å². The summed E-state index contributed by atoms with van der Waals surface area (Å²) in [6.07, 6.45) is 0.901. The number of ether oxygens (including phenoxy) is 2. The van der Waals surface area contributed by atoms with Gasteiger partial charge in [0.05, 0.1) is 0 Å². The lowest BCUT2D eigenvalue weighted by atomic mass is 10.0. The minimum atomic E-state index is 0.491. The molecule has 37 heavy (non-hydrogen) atoms. The van der Waals surface area contributed by atoms with Gasteiger partial charge in [0, 0.05) is 41.4 Å². The van der Waals surface area contributed by atoms with E-state index >= 15 is 0 Å². The van der Waals surface area contributed by atoms with Crippen LogP contribution in [0.4, 0.5) is 0 Å². The Bertz CT molecular complexity index is 1400. The van der Waals surface area contributed by atoms with Gasteiger partial charge in [-0.3, -0.25) is 0 Å². The summed E-state index contributed by atoms with van der Waals surface area (Å²) in [6.45, 7) is 3.47. The molecule has 0 aliphatic carbocycles. The van der Waals surface area contributed by atoms with Crippen molar-refractivity contribution in [1.82, 2.24) is 4.57 Å². The lowest BCUT2D eigenvalue weighted by Crippen LogP contribution is -2.10. The topological polar surface area (TPSA) is 101 Å². The Hall–Kier alpha value is -3.84. The molecule has 1 aromatic heterocycles. The molecule has 190 valence electrons. The van der Waals surface area contributed by atoms with E-state index in [2.05, 4.69) is 65.2 Å². The van der Waals surface area contributed by atoms with E-state index < -0.39 is 0 Å². The van der Waals surface area contributed by atoms with Crippen LogP contribution in [0.5, 0.6) is 11.5 Å². The van der Waals surface area contributed by atoms with Crippen molar-refractivity contribution in [2.45, 2.75) is 13.0 Å². The molecular weight excluding hydrogens is 460 g/mol. The van der Waals surface area contributed by atoms with Crippen LogP contribution in [0, 0.1) is 0 Å². The van der Waals surface area contributed by atoms with Gasteiger partial charge in [-0.25, -0.2) is 0 Å². The van der Waals surface area contributed by atoms with Gasteiger partial charge >= 0.3 is 0 Å². The number of rotatable bonds is 11. The summed E-state index contributed by atoms with van der Waals surface area (Å²) in [4.78, 5) is 0. The zero-order valence-electron chi connectivity index (χ0n) is 21.0. The average Bonchev–Trinajstić information content (AvgIpc) is 3.26. The van der Waals surface area contributed by atoms with Crippen LogP contribution in [0.1, 0.15) is 6.42 Å². The standard InChI is InChI=1S/C31H34N4O2/c32-12-3-15-35-30-20-24(22-4-1-6-26(18-22)36-16-13-33)8-10-28(30)29-11-9-25(21-31(29)35)23-5-2-7-27(19-23)37-17-14-34/h1-2,4-11,18-21H,3,12-17,32-34H2. The Kier molecular flexibility index (Phi) is 7.70. The highest BCUT2D eigenvalue weighted by Gasteiger charge is 2.14. The number of aryl methyl sites for hydroxylation is 1. The lowest BCUT2D eigenvalue weighted by molar-refractivity contribution is 0.328. The van der Waals surface area contributed by atoms with Crippen LogP contribution in [0.15, 0.2) is 84.9 Å². The van der Waals surface area contributed by atoms with Crippen molar-refractivity contribution in [1.29, 1.82) is 0 Å². The Morgan fingerprint density at radius 1 is 0.541 bits per heavy atom. The van der Waals surface area contributed by atoms with Crippen LogP contribution in [0.25, 0.3) is 44.1 Å². The molecule has 0 saturated heterocycles. The average molecular weight is 495 g/mol.